The van der Waals surface area contributed by atoms with Gasteiger partial charge in [-0.15, -0.1) is 0 Å². The van der Waals surface area contributed by atoms with Crippen molar-refractivity contribution in [2.24, 2.45) is 0 Å². The summed E-state index contributed by atoms with van der Waals surface area (Å²) in [5.74, 6) is -0.258. The van der Waals surface area contributed by atoms with Crippen molar-refractivity contribution in [1.82, 2.24) is 14.9 Å². The van der Waals surface area contributed by atoms with Crippen LogP contribution in [0.4, 0.5) is 4.79 Å². The first-order valence-electron chi connectivity index (χ1n) is 15.1. The predicted octanol–water partition coefficient (Wildman–Crippen LogP) is 7.40. The Hall–Kier alpha value is -5.11. The number of ether oxygens (including phenoxy) is 3. The Morgan fingerprint density at radius 1 is 0.911 bits per heavy atom. The number of aromatic nitrogens is 2. The van der Waals surface area contributed by atoms with Crippen molar-refractivity contribution in [2.75, 3.05) is 0 Å². The highest BCUT2D eigenvalue weighted by Gasteiger charge is 2.27. The van der Waals surface area contributed by atoms with Gasteiger partial charge in [-0.3, -0.25) is 0 Å². The van der Waals surface area contributed by atoms with Crippen LogP contribution in [0.3, 0.4) is 0 Å². The van der Waals surface area contributed by atoms with Gasteiger partial charge in [0.25, 0.3) is 0 Å². The second-order valence-electron chi connectivity index (χ2n) is 12.4. The average molecular weight is 604 g/mol. The number of benzene rings is 3. The van der Waals surface area contributed by atoms with Crippen molar-refractivity contribution < 1.29 is 23.8 Å². The molecular formula is C37H37N3O5. The van der Waals surface area contributed by atoms with Gasteiger partial charge in [-0.2, -0.15) is 0 Å². The summed E-state index contributed by atoms with van der Waals surface area (Å²) in [6.07, 6.45) is 0.321. The van der Waals surface area contributed by atoms with Gasteiger partial charge < -0.3 is 24.1 Å². The zero-order chi connectivity index (χ0) is 31.6. The molecule has 5 aromatic rings. The number of hydrogen-bond donors (Lipinski definition) is 1. The highest BCUT2D eigenvalue weighted by atomic mass is 16.6. The van der Waals surface area contributed by atoms with Gasteiger partial charge >= 0.3 is 12.1 Å². The number of aryl methyl sites for hydroxylation is 1. The lowest BCUT2D eigenvalue weighted by Gasteiger charge is -2.21. The van der Waals surface area contributed by atoms with E-state index in [1.165, 1.54) is 0 Å². The molecule has 1 aliphatic rings. The van der Waals surface area contributed by atoms with Crippen molar-refractivity contribution in [1.29, 1.82) is 0 Å². The molecule has 3 aromatic carbocycles. The topological polar surface area (TPSA) is 91.7 Å². The van der Waals surface area contributed by atoms with Crippen LogP contribution in [0.25, 0.3) is 22.2 Å². The van der Waals surface area contributed by atoms with Gasteiger partial charge in [-0.1, -0.05) is 66.7 Å². The Kier molecular flexibility index (Phi) is 8.30. The summed E-state index contributed by atoms with van der Waals surface area (Å²) in [6.45, 7) is 8.60. The summed E-state index contributed by atoms with van der Waals surface area (Å²) in [5, 5.41) is 4.08. The third kappa shape index (κ3) is 7.01. The molecule has 0 saturated carbocycles. The number of amides is 1. The molecule has 0 aliphatic carbocycles. The quantitative estimate of drug-likeness (QED) is 0.186. The zero-order valence-electron chi connectivity index (χ0n) is 26.0. The summed E-state index contributed by atoms with van der Waals surface area (Å²) in [5.41, 5.74) is 6.33. The van der Waals surface area contributed by atoms with Gasteiger partial charge in [0, 0.05) is 35.1 Å². The van der Waals surface area contributed by atoms with Crippen LogP contribution in [0, 0.1) is 6.92 Å². The molecule has 230 valence electrons. The molecule has 8 heteroatoms. The number of rotatable bonds is 8. The Bertz CT molecular complexity index is 1840. The molecule has 0 bridgehead atoms. The number of carbonyl (C=O) groups excluding carboxylic acids is 2. The Morgan fingerprint density at radius 3 is 2.29 bits per heavy atom. The maximum absolute atomic E-state index is 13.3. The monoisotopic (exact) mass is 603 g/mol. The van der Waals surface area contributed by atoms with Crippen LogP contribution in [0.1, 0.15) is 53.5 Å². The molecule has 1 amide bonds. The van der Waals surface area contributed by atoms with Crippen LogP contribution < -0.4 is 10.1 Å². The normalized spacial score (nSPS) is 14.2. The Morgan fingerprint density at radius 2 is 1.60 bits per heavy atom. The number of alkyl carbamates (subject to hydrolysis) is 1. The lowest BCUT2D eigenvalue weighted by Crippen LogP contribution is -2.39. The van der Waals surface area contributed by atoms with Crippen LogP contribution in [-0.4, -0.2) is 33.3 Å². The predicted molar refractivity (Wildman–Crippen MR) is 173 cm³/mol. The van der Waals surface area contributed by atoms with Crippen molar-refractivity contribution >= 4 is 23.0 Å². The molecule has 1 N–H and O–H groups in total. The van der Waals surface area contributed by atoms with E-state index in [0.717, 1.165) is 51.0 Å². The summed E-state index contributed by atoms with van der Waals surface area (Å²) in [7, 11) is 0. The summed E-state index contributed by atoms with van der Waals surface area (Å²) in [4.78, 5) is 30.5. The second kappa shape index (κ2) is 12.5. The molecule has 1 aliphatic heterocycles. The SMILES string of the molecule is Cc1cc(C(=O)OCc2ccccc2)c(OCc2ccccc2)nc1-c1ccc2c(c1)cc1n2CC(NC(=O)OC(C)(C)C)C1. The van der Waals surface area contributed by atoms with E-state index in [-0.39, 0.29) is 30.7 Å². The van der Waals surface area contributed by atoms with Gasteiger partial charge in [0.15, 0.2) is 0 Å². The van der Waals surface area contributed by atoms with Crippen molar-refractivity contribution in [3.8, 4) is 17.1 Å². The van der Waals surface area contributed by atoms with Crippen LogP contribution in [-0.2, 0) is 35.7 Å². The molecule has 3 heterocycles. The van der Waals surface area contributed by atoms with Gasteiger partial charge in [0.1, 0.15) is 24.4 Å². The fraction of sp³-hybridized carbons (Fsp3) is 0.270. The minimum atomic E-state index is -0.541. The molecule has 1 atom stereocenters. The van der Waals surface area contributed by atoms with Crippen LogP contribution in [0.5, 0.6) is 5.88 Å². The molecule has 1 unspecified atom stereocenters. The molecule has 8 nitrogen and oxygen atoms in total. The largest absolute Gasteiger partial charge is 0.472 e. The number of esters is 1. The Balaban J connectivity index is 1.25. The molecule has 45 heavy (non-hydrogen) atoms. The molecule has 0 fully saturated rings. The number of carbonyl (C=O) groups is 2. The van der Waals surface area contributed by atoms with Gasteiger partial charge in [0.2, 0.25) is 5.88 Å². The number of nitrogens with one attached hydrogen (secondary N) is 1. The van der Waals surface area contributed by atoms with Crippen LogP contribution in [0.2, 0.25) is 0 Å². The van der Waals surface area contributed by atoms with E-state index in [9.17, 15) is 9.59 Å². The van der Waals surface area contributed by atoms with Crippen molar-refractivity contribution in [3.63, 3.8) is 0 Å². The van der Waals surface area contributed by atoms with E-state index < -0.39 is 17.7 Å². The van der Waals surface area contributed by atoms with E-state index in [2.05, 4.69) is 28.1 Å². The minimum Gasteiger partial charge on any atom is -0.472 e. The maximum atomic E-state index is 13.3. The third-order valence-electron chi connectivity index (χ3n) is 7.67. The highest BCUT2D eigenvalue weighted by molar-refractivity contribution is 5.93. The maximum Gasteiger partial charge on any atom is 0.407 e. The van der Waals surface area contributed by atoms with Crippen LogP contribution >= 0.6 is 0 Å². The van der Waals surface area contributed by atoms with Gasteiger partial charge in [-0.05, 0) is 68.7 Å². The first kappa shape index (κ1) is 29.9. The highest BCUT2D eigenvalue weighted by Crippen LogP contribution is 2.33. The zero-order valence-corrected chi connectivity index (χ0v) is 26.0. The number of nitrogens with zero attached hydrogens (tertiary/aromatic N) is 2. The number of hydrogen-bond acceptors (Lipinski definition) is 6. The van der Waals surface area contributed by atoms with Crippen molar-refractivity contribution in [2.45, 2.75) is 65.5 Å². The third-order valence-corrected chi connectivity index (χ3v) is 7.67. The number of pyridine rings is 1. The Labute approximate surface area is 263 Å². The standard InChI is InChI=1S/C37H37N3O5/c1-24-17-31(35(41)44-23-26-13-9-6-10-14-26)34(43-22-25-11-7-5-8-12-25)39-33(24)27-15-16-32-28(18-27)19-30-20-29(21-40(30)32)38-36(42)45-37(2,3)4/h5-19,29H,20-23H2,1-4H3,(H,38,42). The fourth-order valence-electron chi connectivity index (χ4n) is 5.64. The van der Waals surface area contributed by atoms with Gasteiger partial charge in [-0.25, -0.2) is 14.6 Å². The van der Waals surface area contributed by atoms with Gasteiger partial charge in [0.05, 0.1) is 11.7 Å². The molecular weight excluding hydrogens is 566 g/mol. The molecule has 0 spiro atoms. The van der Waals surface area contributed by atoms with E-state index >= 15 is 0 Å². The van der Waals surface area contributed by atoms with E-state index in [1.54, 1.807) is 6.07 Å². The number of fused-ring (bicyclic) bond motifs is 3. The van der Waals surface area contributed by atoms with Crippen molar-refractivity contribution in [3.05, 3.63) is 119 Å². The molecule has 0 saturated heterocycles. The van der Waals surface area contributed by atoms with Crippen LogP contribution in [0.15, 0.2) is 91.0 Å². The van der Waals surface area contributed by atoms with E-state index in [1.807, 2.05) is 94.4 Å². The lowest BCUT2D eigenvalue weighted by atomic mass is 10.0. The van der Waals surface area contributed by atoms with E-state index in [4.69, 9.17) is 19.2 Å². The molecule has 6 rings (SSSR count). The summed E-state index contributed by atoms with van der Waals surface area (Å²) >= 11 is 0. The lowest BCUT2D eigenvalue weighted by molar-refractivity contribution is 0.0463. The molecule has 2 aromatic heterocycles. The summed E-state index contributed by atoms with van der Waals surface area (Å²) < 4.78 is 19.5. The molecule has 0 radical (unpaired) electrons. The first-order valence-corrected chi connectivity index (χ1v) is 15.1. The van der Waals surface area contributed by atoms with E-state index in [0.29, 0.717) is 6.54 Å². The first-order chi connectivity index (χ1) is 21.6. The fourth-order valence-corrected chi connectivity index (χ4v) is 5.64. The minimum absolute atomic E-state index is 0.0265. The smallest absolute Gasteiger partial charge is 0.407 e. The summed E-state index contributed by atoms with van der Waals surface area (Å²) in [6, 6.07) is 29.5. The second-order valence-corrected chi connectivity index (χ2v) is 12.4. The average Bonchev–Trinajstić information content (AvgIpc) is 3.55.